The molecule has 0 bridgehead atoms. The fourth-order valence-corrected chi connectivity index (χ4v) is 3.39. The van der Waals surface area contributed by atoms with Gasteiger partial charge in [-0.3, -0.25) is 0 Å². The molecule has 2 aliphatic rings. The second-order valence-corrected chi connectivity index (χ2v) is 7.42. The molecule has 1 heterocycles. The van der Waals surface area contributed by atoms with Crippen LogP contribution in [-0.4, -0.2) is 11.7 Å². The Morgan fingerprint density at radius 2 is 1.86 bits per heavy atom. The van der Waals surface area contributed by atoms with Crippen molar-refractivity contribution in [2.24, 2.45) is 5.92 Å². The minimum atomic E-state index is 0.124. The standard InChI is InChI=1S/C20H32O/c1-15(2)18-12-11-17(4)9-6-8-16(3)10-7-13-20(5)19(14-18)21-20/h9-10,18-19H,1,6-8,11-14H2,2-5H3/b16-10?,17-9+/t18-,19+,20+/m1/s1. The lowest BCUT2D eigenvalue weighted by Gasteiger charge is -2.17. The molecule has 0 spiro atoms. The molecule has 1 aliphatic heterocycles. The topological polar surface area (TPSA) is 12.5 Å². The zero-order valence-corrected chi connectivity index (χ0v) is 14.4. The average Bonchev–Trinajstić information content (AvgIpc) is 3.03. The molecule has 0 radical (unpaired) electrons. The van der Waals surface area contributed by atoms with Crippen molar-refractivity contribution >= 4 is 0 Å². The Kier molecular flexibility index (Phi) is 5.48. The molecule has 1 nitrogen and oxygen atoms in total. The number of allylic oxidation sites excluding steroid dienone is 5. The zero-order chi connectivity index (χ0) is 15.5. The lowest BCUT2D eigenvalue weighted by Crippen LogP contribution is -2.14. The highest BCUT2D eigenvalue weighted by molar-refractivity contribution is 5.10. The molecule has 0 aromatic heterocycles. The van der Waals surface area contributed by atoms with Gasteiger partial charge in [0.15, 0.2) is 0 Å². The van der Waals surface area contributed by atoms with Crippen LogP contribution < -0.4 is 0 Å². The third-order valence-corrected chi connectivity index (χ3v) is 5.28. The molecule has 1 heteroatoms. The van der Waals surface area contributed by atoms with Gasteiger partial charge >= 0.3 is 0 Å². The van der Waals surface area contributed by atoms with E-state index in [1.54, 1.807) is 0 Å². The van der Waals surface area contributed by atoms with E-state index in [-0.39, 0.29) is 5.60 Å². The fraction of sp³-hybridized carbons (Fsp3) is 0.700. The van der Waals surface area contributed by atoms with Crippen molar-refractivity contribution < 1.29 is 4.74 Å². The van der Waals surface area contributed by atoms with Crippen LogP contribution >= 0.6 is 0 Å². The number of hydrogen-bond donors (Lipinski definition) is 0. The molecular weight excluding hydrogens is 256 g/mol. The predicted octanol–water partition coefficient (Wildman–Crippen LogP) is 5.97. The molecule has 0 aromatic carbocycles. The van der Waals surface area contributed by atoms with Gasteiger partial charge in [-0.25, -0.2) is 0 Å². The van der Waals surface area contributed by atoms with E-state index in [0.717, 1.165) is 19.3 Å². The number of fused-ring (bicyclic) bond motifs is 1. The first-order valence-corrected chi connectivity index (χ1v) is 8.55. The van der Waals surface area contributed by atoms with Gasteiger partial charge < -0.3 is 4.74 Å². The highest BCUT2D eigenvalue weighted by Crippen LogP contribution is 2.45. The lowest BCUT2D eigenvalue weighted by atomic mass is 9.86. The minimum absolute atomic E-state index is 0.124. The zero-order valence-electron chi connectivity index (χ0n) is 14.4. The van der Waals surface area contributed by atoms with Crippen LogP contribution in [-0.2, 0) is 4.74 Å². The number of epoxide rings is 1. The second kappa shape index (κ2) is 6.96. The molecule has 0 unspecified atom stereocenters. The van der Waals surface area contributed by atoms with E-state index in [2.05, 4.69) is 46.4 Å². The van der Waals surface area contributed by atoms with Crippen LogP contribution in [0.5, 0.6) is 0 Å². The van der Waals surface area contributed by atoms with E-state index in [1.807, 2.05) is 0 Å². The largest absolute Gasteiger partial charge is 0.366 e. The summed E-state index contributed by atoms with van der Waals surface area (Å²) in [5.74, 6) is 0.611. The van der Waals surface area contributed by atoms with Gasteiger partial charge in [0, 0.05) is 0 Å². The molecule has 0 amide bonds. The number of ether oxygens (including phenoxy) is 1. The minimum Gasteiger partial charge on any atom is -0.366 e. The first-order chi connectivity index (χ1) is 9.90. The van der Waals surface area contributed by atoms with Crippen molar-refractivity contribution in [3.05, 3.63) is 35.5 Å². The Balaban J connectivity index is 2.05. The summed E-state index contributed by atoms with van der Waals surface area (Å²) < 4.78 is 6.04. The molecule has 2 rings (SSSR count). The van der Waals surface area contributed by atoms with Crippen molar-refractivity contribution in [3.63, 3.8) is 0 Å². The van der Waals surface area contributed by atoms with Crippen LogP contribution in [0.25, 0.3) is 0 Å². The average molecular weight is 288 g/mol. The summed E-state index contributed by atoms with van der Waals surface area (Å²) in [5.41, 5.74) is 4.50. The van der Waals surface area contributed by atoms with Gasteiger partial charge in [0.2, 0.25) is 0 Å². The monoisotopic (exact) mass is 288 g/mol. The third kappa shape index (κ3) is 4.85. The summed E-state index contributed by atoms with van der Waals surface area (Å²) in [6.45, 7) is 13.2. The molecule has 1 aliphatic carbocycles. The maximum Gasteiger partial charge on any atom is 0.0923 e. The van der Waals surface area contributed by atoms with Gasteiger partial charge in [-0.1, -0.05) is 35.5 Å². The molecular formula is C20H32O. The van der Waals surface area contributed by atoms with Crippen LogP contribution in [0.3, 0.4) is 0 Å². The van der Waals surface area contributed by atoms with E-state index in [1.165, 1.54) is 42.4 Å². The normalized spacial score (nSPS) is 37.5. The number of hydrogen-bond acceptors (Lipinski definition) is 1. The maximum absolute atomic E-state index is 6.04. The first-order valence-electron chi connectivity index (χ1n) is 8.55. The maximum atomic E-state index is 6.04. The first kappa shape index (κ1) is 16.5. The molecule has 0 aromatic rings. The molecule has 118 valence electrons. The Morgan fingerprint density at radius 1 is 1.19 bits per heavy atom. The quantitative estimate of drug-likeness (QED) is 0.427. The second-order valence-electron chi connectivity index (χ2n) is 7.42. The van der Waals surface area contributed by atoms with Crippen LogP contribution in [0.2, 0.25) is 0 Å². The van der Waals surface area contributed by atoms with E-state index >= 15 is 0 Å². The van der Waals surface area contributed by atoms with Crippen LogP contribution in [0, 0.1) is 5.92 Å². The molecule has 1 fully saturated rings. The molecule has 1 saturated heterocycles. The Labute approximate surface area is 131 Å². The SMILES string of the molecule is C=C(C)[C@@H]1CC/C(C)=C/CCC(C)=CCC[C@]2(C)O[C@H]2C1. The van der Waals surface area contributed by atoms with Gasteiger partial charge in [-0.2, -0.15) is 0 Å². The summed E-state index contributed by atoms with van der Waals surface area (Å²) in [5, 5.41) is 0. The fourth-order valence-electron chi connectivity index (χ4n) is 3.39. The van der Waals surface area contributed by atoms with E-state index in [4.69, 9.17) is 4.74 Å². The summed E-state index contributed by atoms with van der Waals surface area (Å²) >= 11 is 0. The Bertz CT molecular complexity index is 443. The summed E-state index contributed by atoms with van der Waals surface area (Å²) in [6, 6.07) is 0. The number of rotatable bonds is 1. The predicted molar refractivity (Wildman–Crippen MR) is 91.4 cm³/mol. The van der Waals surface area contributed by atoms with E-state index in [9.17, 15) is 0 Å². The van der Waals surface area contributed by atoms with Gasteiger partial charge in [0.25, 0.3) is 0 Å². The molecule has 0 saturated carbocycles. The van der Waals surface area contributed by atoms with Crippen molar-refractivity contribution in [2.45, 2.75) is 84.3 Å². The van der Waals surface area contributed by atoms with Crippen LogP contribution in [0.4, 0.5) is 0 Å². The van der Waals surface area contributed by atoms with Crippen molar-refractivity contribution in [2.75, 3.05) is 0 Å². The van der Waals surface area contributed by atoms with Gasteiger partial charge in [0.05, 0.1) is 11.7 Å². The van der Waals surface area contributed by atoms with Crippen molar-refractivity contribution in [1.82, 2.24) is 0 Å². The van der Waals surface area contributed by atoms with Crippen molar-refractivity contribution in [3.8, 4) is 0 Å². The van der Waals surface area contributed by atoms with Gasteiger partial charge in [0.1, 0.15) is 0 Å². The van der Waals surface area contributed by atoms with E-state index in [0.29, 0.717) is 12.0 Å². The highest BCUT2D eigenvalue weighted by atomic mass is 16.6. The van der Waals surface area contributed by atoms with Crippen LogP contribution in [0.1, 0.15) is 72.6 Å². The van der Waals surface area contributed by atoms with Gasteiger partial charge in [-0.05, 0) is 78.6 Å². The molecule has 3 atom stereocenters. The van der Waals surface area contributed by atoms with Crippen molar-refractivity contribution in [1.29, 1.82) is 0 Å². The lowest BCUT2D eigenvalue weighted by molar-refractivity contribution is 0.289. The Hall–Kier alpha value is -0.820. The van der Waals surface area contributed by atoms with E-state index < -0.39 is 0 Å². The Morgan fingerprint density at radius 3 is 2.57 bits per heavy atom. The highest BCUT2D eigenvalue weighted by Gasteiger charge is 2.51. The molecule has 0 N–H and O–H groups in total. The van der Waals surface area contributed by atoms with Gasteiger partial charge in [-0.15, -0.1) is 0 Å². The third-order valence-electron chi connectivity index (χ3n) is 5.28. The summed E-state index contributed by atoms with van der Waals surface area (Å²) in [4.78, 5) is 0. The summed E-state index contributed by atoms with van der Waals surface area (Å²) in [7, 11) is 0. The van der Waals surface area contributed by atoms with Crippen LogP contribution in [0.15, 0.2) is 35.5 Å². The smallest absolute Gasteiger partial charge is 0.0923 e. The summed E-state index contributed by atoms with van der Waals surface area (Å²) in [6.07, 6.45) is 13.6. The molecule has 21 heavy (non-hydrogen) atoms.